The maximum Gasteiger partial charge on any atom is 0.225 e. The number of carbonyl (C=O) groups is 1. The Morgan fingerprint density at radius 3 is 2.67 bits per heavy atom. The molecule has 3 N–H and O–H groups in total. The highest BCUT2D eigenvalue weighted by Crippen LogP contribution is 2.26. The fourth-order valence-electron chi connectivity index (χ4n) is 1.93. The van der Waals surface area contributed by atoms with E-state index in [0.29, 0.717) is 13.0 Å². The van der Waals surface area contributed by atoms with Crippen LogP contribution in [0.5, 0.6) is 0 Å². The van der Waals surface area contributed by atoms with Gasteiger partial charge >= 0.3 is 0 Å². The van der Waals surface area contributed by atoms with Crippen LogP contribution in [-0.2, 0) is 4.79 Å². The lowest BCUT2D eigenvalue weighted by Gasteiger charge is -2.20. The Labute approximate surface area is 89.9 Å². The highest BCUT2D eigenvalue weighted by atomic mass is 16.4. The molecule has 0 radical (unpaired) electrons. The van der Waals surface area contributed by atoms with Crippen LogP contribution in [-0.4, -0.2) is 35.4 Å². The van der Waals surface area contributed by atoms with Gasteiger partial charge in [0.1, 0.15) is 5.84 Å². The predicted octanol–water partition coefficient (Wildman–Crippen LogP) is 0.771. The second kappa shape index (κ2) is 5.58. The van der Waals surface area contributed by atoms with Crippen LogP contribution in [0.15, 0.2) is 5.16 Å². The molecular formula is C10H19N3O2. The Kier molecular flexibility index (Phi) is 4.39. The van der Waals surface area contributed by atoms with Gasteiger partial charge in [0.05, 0.1) is 0 Å². The number of carbonyl (C=O) groups excluding carboxylic acids is 1. The van der Waals surface area contributed by atoms with Gasteiger partial charge in [-0.3, -0.25) is 4.79 Å². The second-order valence-corrected chi connectivity index (χ2v) is 4.08. The summed E-state index contributed by atoms with van der Waals surface area (Å²) >= 11 is 0. The number of amides is 1. The van der Waals surface area contributed by atoms with E-state index in [1.165, 1.54) is 0 Å². The van der Waals surface area contributed by atoms with Crippen molar-refractivity contribution in [1.29, 1.82) is 0 Å². The smallest absolute Gasteiger partial charge is 0.225 e. The first-order valence-corrected chi connectivity index (χ1v) is 5.36. The van der Waals surface area contributed by atoms with Crippen LogP contribution in [0.25, 0.3) is 0 Å². The molecule has 0 unspecified atom stereocenters. The summed E-state index contributed by atoms with van der Waals surface area (Å²) in [5.74, 6) is 0.557. The largest absolute Gasteiger partial charge is 0.409 e. The van der Waals surface area contributed by atoms with Gasteiger partial charge in [-0.25, -0.2) is 0 Å². The van der Waals surface area contributed by atoms with Gasteiger partial charge in [0.25, 0.3) is 0 Å². The molecule has 1 amide bonds. The molecule has 0 aliphatic heterocycles. The molecule has 5 nitrogen and oxygen atoms in total. The molecule has 0 aromatic carbocycles. The lowest BCUT2D eigenvalue weighted by molar-refractivity contribution is -0.133. The van der Waals surface area contributed by atoms with E-state index in [0.717, 1.165) is 25.7 Å². The number of nitrogens with two attached hydrogens (primary N) is 1. The predicted molar refractivity (Wildman–Crippen MR) is 57.6 cm³/mol. The van der Waals surface area contributed by atoms with Gasteiger partial charge in [0.15, 0.2) is 0 Å². The molecule has 0 atom stereocenters. The summed E-state index contributed by atoms with van der Waals surface area (Å²) < 4.78 is 0. The highest BCUT2D eigenvalue weighted by Gasteiger charge is 2.25. The van der Waals surface area contributed by atoms with E-state index in [9.17, 15) is 4.79 Å². The summed E-state index contributed by atoms with van der Waals surface area (Å²) in [5.41, 5.74) is 5.34. The van der Waals surface area contributed by atoms with Crippen molar-refractivity contribution in [1.82, 2.24) is 4.90 Å². The van der Waals surface area contributed by atoms with E-state index in [-0.39, 0.29) is 17.7 Å². The molecule has 1 rings (SSSR count). The fourth-order valence-corrected chi connectivity index (χ4v) is 1.93. The number of hydrogen-bond donors (Lipinski definition) is 2. The molecular weight excluding hydrogens is 194 g/mol. The zero-order valence-electron chi connectivity index (χ0n) is 9.15. The standard InChI is InChI=1S/C10H19N3O2/c1-13(7-6-9(11)12-15)10(14)8-4-2-3-5-8/h8,15H,2-7H2,1H3,(H2,11,12). The van der Waals surface area contributed by atoms with Crippen molar-refractivity contribution in [2.75, 3.05) is 13.6 Å². The first-order valence-electron chi connectivity index (χ1n) is 5.36. The van der Waals surface area contributed by atoms with Gasteiger partial charge in [-0.05, 0) is 12.8 Å². The van der Waals surface area contributed by atoms with Crippen molar-refractivity contribution >= 4 is 11.7 Å². The minimum absolute atomic E-state index is 0.168. The van der Waals surface area contributed by atoms with E-state index >= 15 is 0 Å². The first kappa shape index (κ1) is 11.8. The van der Waals surface area contributed by atoms with Crippen molar-refractivity contribution in [2.45, 2.75) is 32.1 Å². The van der Waals surface area contributed by atoms with Gasteiger partial charge in [0, 0.05) is 25.9 Å². The Balaban J connectivity index is 2.32. The summed E-state index contributed by atoms with van der Waals surface area (Å²) in [6, 6.07) is 0. The number of nitrogens with zero attached hydrogens (tertiary/aromatic N) is 2. The van der Waals surface area contributed by atoms with Gasteiger partial charge in [-0.2, -0.15) is 0 Å². The van der Waals surface area contributed by atoms with Crippen LogP contribution in [0, 0.1) is 5.92 Å². The maximum absolute atomic E-state index is 11.8. The SMILES string of the molecule is CN(CC/C(N)=N/O)C(=O)C1CCCC1. The van der Waals surface area contributed by atoms with Crippen LogP contribution >= 0.6 is 0 Å². The first-order chi connectivity index (χ1) is 7.15. The molecule has 1 saturated carbocycles. The zero-order valence-corrected chi connectivity index (χ0v) is 9.15. The van der Waals surface area contributed by atoms with Crippen molar-refractivity contribution in [3.05, 3.63) is 0 Å². The molecule has 5 heteroatoms. The van der Waals surface area contributed by atoms with Crippen LogP contribution < -0.4 is 5.73 Å². The Bertz CT molecular complexity index is 247. The monoisotopic (exact) mass is 213 g/mol. The number of oxime groups is 1. The van der Waals surface area contributed by atoms with Gasteiger partial charge in [-0.15, -0.1) is 0 Å². The van der Waals surface area contributed by atoms with Crippen molar-refractivity contribution in [3.63, 3.8) is 0 Å². The molecule has 0 bridgehead atoms. The molecule has 0 saturated heterocycles. The Hall–Kier alpha value is -1.26. The van der Waals surface area contributed by atoms with E-state index in [1.54, 1.807) is 11.9 Å². The van der Waals surface area contributed by atoms with E-state index in [2.05, 4.69) is 5.16 Å². The van der Waals surface area contributed by atoms with Crippen molar-refractivity contribution in [2.24, 2.45) is 16.8 Å². The third-order valence-corrected chi connectivity index (χ3v) is 2.91. The highest BCUT2D eigenvalue weighted by molar-refractivity contribution is 5.82. The zero-order chi connectivity index (χ0) is 11.3. The average Bonchev–Trinajstić information content (AvgIpc) is 2.77. The third-order valence-electron chi connectivity index (χ3n) is 2.91. The normalized spacial score (nSPS) is 18.1. The molecule has 0 aromatic rings. The van der Waals surface area contributed by atoms with Crippen LogP contribution in [0.1, 0.15) is 32.1 Å². The van der Waals surface area contributed by atoms with Crippen LogP contribution in [0.2, 0.25) is 0 Å². The van der Waals surface area contributed by atoms with Crippen LogP contribution in [0.4, 0.5) is 0 Å². The molecule has 1 aliphatic carbocycles. The summed E-state index contributed by atoms with van der Waals surface area (Å²) in [4.78, 5) is 13.5. The van der Waals surface area contributed by atoms with Gasteiger partial charge in [0.2, 0.25) is 5.91 Å². The van der Waals surface area contributed by atoms with Gasteiger partial charge < -0.3 is 15.8 Å². The minimum atomic E-state index is 0.168. The van der Waals surface area contributed by atoms with Crippen molar-refractivity contribution in [3.8, 4) is 0 Å². The molecule has 0 heterocycles. The molecule has 1 aliphatic rings. The summed E-state index contributed by atoms with van der Waals surface area (Å²) in [6.45, 7) is 0.519. The molecule has 0 aromatic heterocycles. The molecule has 86 valence electrons. The topological polar surface area (TPSA) is 78.9 Å². The summed E-state index contributed by atoms with van der Waals surface area (Å²) in [7, 11) is 1.77. The Morgan fingerprint density at radius 1 is 1.53 bits per heavy atom. The quantitative estimate of drug-likeness (QED) is 0.313. The summed E-state index contributed by atoms with van der Waals surface area (Å²) in [6.07, 6.45) is 4.75. The van der Waals surface area contributed by atoms with Crippen molar-refractivity contribution < 1.29 is 10.0 Å². The Morgan fingerprint density at radius 2 is 2.13 bits per heavy atom. The summed E-state index contributed by atoms with van der Waals surface area (Å²) in [5, 5.41) is 11.2. The number of rotatable bonds is 4. The van der Waals surface area contributed by atoms with Gasteiger partial charge in [-0.1, -0.05) is 18.0 Å². The molecule has 0 spiro atoms. The fraction of sp³-hybridized carbons (Fsp3) is 0.800. The number of amidine groups is 1. The van der Waals surface area contributed by atoms with E-state index < -0.39 is 0 Å². The lowest BCUT2D eigenvalue weighted by atomic mass is 10.1. The van der Waals surface area contributed by atoms with E-state index in [1.807, 2.05) is 0 Å². The number of hydrogen-bond acceptors (Lipinski definition) is 3. The third kappa shape index (κ3) is 3.42. The average molecular weight is 213 g/mol. The lowest BCUT2D eigenvalue weighted by Crippen LogP contribution is -2.34. The maximum atomic E-state index is 11.8. The second-order valence-electron chi connectivity index (χ2n) is 4.08. The van der Waals surface area contributed by atoms with E-state index in [4.69, 9.17) is 10.9 Å². The molecule has 1 fully saturated rings. The minimum Gasteiger partial charge on any atom is -0.409 e. The molecule has 15 heavy (non-hydrogen) atoms. The van der Waals surface area contributed by atoms with Crippen LogP contribution in [0.3, 0.4) is 0 Å².